The van der Waals surface area contributed by atoms with E-state index in [9.17, 15) is 25.0 Å². The Morgan fingerprint density at radius 2 is 1.64 bits per heavy atom. The van der Waals surface area contributed by atoms with Crippen LogP contribution < -0.4 is 9.64 Å². The van der Waals surface area contributed by atoms with Crippen molar-refractivity contribution in [1.29, 1.82) is 0 Å². The third-order valence-electron chi connectivity index (χ3n) is 4.59. The van der Waals surface area contributed by atoms with Crippen molar-refractivity contribution in [2.45, 2.75) is 25.7 Å². The Labute approximate surface area is 160 Å². The van der Waals surface area contributed by atoms with E-state index in [0.717, 1.165) is 44.8 Å². The highest BCUT2D eigenvalue weighted by Crippen LogP contribution is 2.31. The Balaban J connectivity index is 1.84. The van der Waals surface area contributed by atoms with Gasteiger partial charge in [0.1, 0.15) is 11.4 Å². The molecule has 0 atom stereocenters. The summed E-state index contributed by atoms with van der Waals surface area (Å²) in [5.41, 5.74) is 0.124. The van der Waals surface area contributed by atoms with Crippen molar-refractivity contribution in [3.05, 3.63) is 68.3 Å². The molecule has 0 N–H and O–H groups in total. The van der Waals surface area contributed by atoms with E-state index >= 15 is 0 Å². The van der Waals surface area contributed by atoms with Crippen LogP contribution in [0.3, 0.4) is 0 Å². The van der Waals surface area contributed by atoms with Gasteiger partial charge in [0.15, 0.2) is 0 Å². The van der Waals surface area contributed by atoms with Gasteiger partial charge in [0, 0.05) is 25.2 Å². The number of carbonyl (C=O) groups is 1. The molecule has 1 heterocycles. The minimum absolute atomic E-state index is 0.00144. The van der Waals surface area contributed by atoms with Crippen LogP contribution in [0.5, 0.6) is 5.75 Å². The molecule has 2 aromatic carbocycles. The molecule has 0 spiro atoms. The zero-order valence-corrected chi connectivity index (χ0v) is 15.1. The van der Waals surface area contributed by atoms with Crippen LogP contribution in [-0.2, 0) is 0 Å². The lowest BCUT2D eigenvalue weighted by molar-refractivity contribution is -0.385. The number of hydrogen-bond donors (Lipinski definition) is 0. The van der Waals surface area contributed by atoms with Gasteiger partial charge < -0.3 is 9.64 Å². The van der Waals surface area contributed by atoms with E-state index in [1.165, 1.54) is 30.3 Å². The van der Waals surface area contributed by atoms with Gasteiger partial charge in [-0.1, -0.05) is 18.9 Å². The number of ether oxygens (including phenoxy) is 1. The molecule has 0 aliphatic carbocycles. The van der Waals surface area contributed by atoms with Crippen LogP contribution in [0.4, 0.5) is 17.1 Å². The first-order chi connectivity index (χ1) is 13.5. The lowest BCUT2D eigenvalue weighted by Gasteiger charge is -2.22. The summed E-state index contributed by atoms with van der Waals surface area (Å²) in [5.74, 6) is -0.815. The van der Waals surface area contributed by atoms with Gasteiger partial charge in [-0.05, 0) is 31.0 Å². The predicted octanol–water partition coefficient (Wildman–Crippen LogP) is 4.10. The van der Waals surface area contributed by atoms with E-state index in [-0.39, 0.29) is 22.7 Å². The Morgan fingerprint density at radius 3 is 2.29 bits per heavy atom. The molecule has 0 amide bonds. The molecule has 2 aromatic rings. The first-order valence-corrected chi connectivity index (χ1v) is 8.96. The van der Waals surface area contributed by atoms with E-state index in [0.29, 0.717) is 5.69 Å². The fraction of sp³-hybridized carbons (Fsp3) is 0.316. The van der Waals surface area contributed by atoms with Crippen molar-refractivity contribution in [2.75, 3.05) is 18.0 Å². The third kappa shape index (κ3) is 4.43. The summed E-state index contributed by atoms with van der Waals surface area (Å²) < 4.78 is 5.15. The zero-order valence-electron chi connectivity index (χ0n) is 15.1. The lowest BCUT2D eigenvalue weighted by atomic mass is 10.1. The number of nitro benzene ring substituents is 2. The molecule has 1 fully saturated rings. The number of non-ortho nitro benzene ring substituents is 1. The molecular formula is C19H19N3O6. The predicted molar refractivity (Wildman–Crippen MR) is 102 cm³/mol. The smallest absolute Gasteiger partial charge is 0.343 e. The van der Waals surface area contributed by atoms with Gasteiger partial charge in [0.25, 0.3) is 11.4 Å². The maximum Gasteiger partial charge on any atom is 0.343 e. The Hall–Kier alpha value is -3.49. The molecule has 0 aromatic heterocycles. The summed E-state index contributed by atoms with van der Waals surface area (Å²) in [7, 11) is 0. The summed E-state index contributed by atoms with van der Waals surface area (Å²) in [5, 5.41) is 22.4. The highest BCUT2D eigenvalue weighted by molar-refractivity contribution is 5.93. The average molecular weight is 385 g/mol. The average Bonchev–Trinajstić information content (AvgIpc) is 2.97. The first-order valence-electron chi connectivity index (χ1n) is 8.96. The van der Waals surface area contributed by atoms with Crippen LogP contribution in [0.1, 0.15) is 36.0 Å². The summed E-state index contributed by atoms with van der Waals surface area (Å²) >= 11 is 0. The molecule has 1 saturated heterocycles. The second kappa shape index (κ2) is 8.47. The Bertz CT molecular complexity index is 906. The molecule has 146 valence electrons. The number of benzene rings is 2. The van der Waals surface area contributed by atoms with Crippen molar-refractivity contribution < 1.29 is 19.4 Å². The minimum atomic E-state index is -0.814. The van der Waals surface area contributed by atoms with E-state index in [4.69, 9.17) is 4.74 Å². The third-order valence-corrected chi connectivity index (χ3v) is 4.59. The number of nitrogens with zero attached hydrogens (tertiary/aromatic N) is 3. The van der Waals surface area contributed by atoms with Crippen LogP contribution in [0, 0.1) is 20.2 Å². The summed E-state index contributed by atoms with van der Waals surface area (Å²) in [4.78, 5) is 35.6. The topological polar surface area (TPSA) is 116 Å². The fourth-order valence-corrected chi connectivity index (χ4v) is 3.20. The van der Waals surface area contributed by atoms with Crippen LogP contribution in [0.2, 0.25) is 0 Å². The molecule has 0 saturated carbocycles. The van der Waals surface area contributed by atoms with Crippen molar-refractivity contribution >= 4 is 23.0 Å². The van der Waals surface area contributed by atoms with Crippen LogP contribution >= 0.6 is 0 Å². The van der Waals surface area contributed by atoms with Gasteiger partial charge in [-0.3, -0.25) is 20.2 Å². The highest BCUT2D eigenvalue weighted by Gasteiger charge is 2.23. The zero-order chi connectivity index (χ0) is 20.1. The monoisotopic (exact) mass is 385 g/mol. The van der Waals surface area contributed by atoms with Gasteiger partial charge in [-0.25, -0.2) is 4.79 Å². The second-order valence-corrected chi connectivity index (χ2v) is 6.51. The molecule has 0 unspecified atom stereocenters. The van der Waals surface area contributed by atoms with Crippen molar-refractivity contribution in [3.8, 4) is 5.75 Å². The van der Waals surface area contributed by atoms with Gasteiger partial charge >= 0.3 is 5.97 Å². The standard InChI is InChI=1S/C19H19N3O6/c23-19(28-16-7-5-6-15(13-16)21(24)25)14-8-9-17(18(12-14)22(26)27)20-10-3-1-2-4-11-20/h5-9,12-13H,1-4,10-11H2. The molecule has 9 heteroatoms. The molecule has 1 aliphatic heterocycles. The largest absolute Gasteiger partial charge is 0.423 e. The van der Waals surface area contributed by atoms with Crippen LogP contribution in [-0.4, -0.2) is 28.9 Å². The van der Waals surface area contributed by atoms with Gasteiger partial charge in [-0.15, -0.1) is 0 Å². The molecule has 0 bridgehead atoms. The summed E-state index contributed by atoms with van der Waals surface area (Å²) in [6.07, 6.45) is 4.12. The van der Waals surface area contributed by atoms with Gasteiger partial charge in [0.2, 0.25) is 0 Å². The number of esters is 1. The van der Waals surface area contributed by atoms with Crippen LogP contribution in [0.25, 0.3) is 0 Å². The number of anilines is 1. The summed E-state index contributed by atoms with van der Waals surface area (Å²) in [6, 6.07) is 9.44. The SMILES string of the molecule is O=C(Oc1cccc([N+](=O)[O-])c1)c1ccc(N2CCCCCC2)c([N+](=O)[O-])c1. The van der Waals surface area contributed by atoms with Crippen molar-refractivity contribution in [2.24, 2.45) is 0 Å². The maximum absolute atomic E-state index is 12.4. The number of carbonyl (C=O) groups excluding carboxylic acids is 1. The van der Waals surface area contributed by atoms with Crippen molar-refractivity contribution in [1.82, 2.24) is 0 Å². The number of hydrogen-bond acceptors (Lipinski definition) is 7. The van der Waals surface area contributed by atoms with Crippen molar-refractivity contribution in [3.63, 3.8) is 0 Å². The molecule has 0 radical (unpaired) electrons. The molecular weight excluding hydrogens is 366 g/mol. The second-order valence-electron chi connectivity index (χ2n) is 6.51. The fourth-order valence-electron chi connectivity index (χ4n) is 3.20. The normalized spacial score (nSPS) is 14.2. The lowest BCUT2D eigenvalue weighted by Crippen LogP contribution is -2.25. The number of rotatable bonds is 5. The maximum atomic E-state index is 12.4. The minimum Gasteiger partial charge on any atom is -0.423 e. The summed E-state index contributed by atoms with van der Waals surface area (Å²) in [6.45, 7) is 1.47. The van der Waals surface area contributed by atoms with E-state index < -0.39 is 15.8 Å². The van der Waals surface area contributed by atoms with E-state index in [1.807, 2.05) is 4.90 Å². The Kier molecular flexibility index (Phi) is 5.83. The van der Waals surface area contributed by atoms with E-state index in [1.54, 1.807) is 6.07 Å². The van der Waals surface area contributed by atoms with Gasteiger partial charge in [0.05, 0.1) is 21.5 Å². The van der Waals surface area contributed by atoms with E-state index in [2.05, 4.69) is 0 Å². The quantitative estimate of drug-likeness (QED) is 0.329. The van der Waals surface area contributed by atoms with Crippen LogP contribution in [0.15, 0.2) is 42.5 Å². The molecule has 1 aliphatic rings. The molecule has 3 rings (SSSR count). The highest BCUT2D eigenvalue weighted by atomic mass is 16.6. The number of nitro groups is 2. The molecule has 9 nitrogen and oxygen atoms in total. The van der Waals surface area contributed by atoms with Gasteiger partial charge in [-0.2, -0.15) is 0 Å². The molecule has 28 heavy (non-hydrogen) atoms. The first kappa shape index (κ1) is 19.3. The Morgan fingerprint density at radius 1 is 0.929 bits per heavy atom.